The molecule has 0 radical (unpaired) electrons. The van der Waals surface area contributed by atoms with Gasteiger partial charge in [0.1, 0.15) is 11.6 Å². The highest BCUT2D eigenvalue weighted by Crippen LogP contribution is 2.20. The molecule has 0 atom stereocenters. The number of aryl methyl sites for hydroxylation is 1. The van der Waals surface area contributed by atoms with Crippen LogP contribution < -0.4 is 10.6 Å². The quantitative estimate of drug-likeness (QED) is 0.553. The Balaban J connectivity index is 1.65. The van der Waals surface area contributed by atoms with Gasteiger partial charge in [-0.1, -0.05) is 12.1 Å². The third-order valence-corrected chi connectivity index (χ3v) is 4.54. The first-order valence-corrected chi connectivity index (χ1v) is 9.49. The Kier molecular flexibility index (Phi) is 6.11. The van der Waals surface area contributed by atoms with Crippen molar-refractivity contribution in [2.24, 2.45) is 7.05 Å². The van der Waals surface area contributed by atoms with Crippen LogP contribution in [-0.2, 0) is 16.6 Å². The molecule has 152 valence electrons. The molecule has 8 nitrogen and oxygen atoms in total. The lowest BCUT2D eigenvalue weighted by molar-refractivity contribution is -0.111. The van der Waals surface area contributed by atoms with E-state index in [0.29, 0.717) is 17.4 Å². The molecule has 0 aliphatic heterocycles. The van der Waals surface area contributed by atoms with Crippen molar-refractivity contribution in [1.29, 1.82) is 0 Å². The molecule has 2 N–H and O–H groups in total. The normalized spacial score (nSPS) is 13.3. The number of hydrogen-bond donors (Lipinski definition) is 2. The number of rotatable bonds is 7. The largest absolute Gasteiger partial charge is 0.461 e. The Labute approximate surface area is 169 Å². The van der Waals surface area contributed by atoms with Crippen LogP contribution in [0.4, 0.5) is 5.82 Å². The molecule has 1 heterocycles. The number of hydrogen-bond acceptors (Lipinski definition) is 5. The standard InChI is InChI=1S/C21H24N4O4/c1-4-29-21(28)18-19(25(3)13(2)22-18)24-17(26)12-7-14-5-8-15(9-6-14)20(27)23-16-10-11-16/h5-9,12,16H,4,10-11H2,1-3H3,(H,23,27)(H,24,26). The summed E-state index contributed by atoms with van der Waals surface area (Å²) in [5.74, 6) is -0.224. The summed E-state index contributed by atoms with van der Waals surface area (Å²) in [6.07, 6.45) is 5.06. The molecule has 8 heteroatoms. The van der Waals surface area contributed by atoms with Crippen molar-refractivity contribution in [3.05, 3.63) is 53.0 Å². The molecule has 0 unspecified atom stereocenters. The average Bonchev–Trinajstić information content (AvgIpc) is 3.48. The Morgan fingerprint density at radius 3 is 2.55 bits per heavy atom. The van der Waals surface area contributed by atoms with E-state index in [1.165, 1.54) is 6.08 Å². The zero-order valence-corrected chi connectivity index (χ0v) is 16.7. The molecule has 1 saturated carbocycles. The van der Waals surface area contributed by atoms with Crippen molar-refractivity contribution in [2.45, 2.75) is 32.7 Å². The van der Waals surface area contributed by atoms with Gasteiger partial charge in [0.05, 0.1) is 6.61 Å². The monoisotopic (exact) mass is 396 g/mol. The second-order valence-electron chi connectivity index (χ2n) is 6.83. The van der Waals surface area contributed by atoms with E-state index in [1.807, 2.05) is 0 Å². The van der Waals surface area contributed by atoms with Crippen molar-refractivity contribution in [3.63, 3.8) is 0 Å². The molecule has 29 heavy (non-hydrogen) atoms. The minimum absolute atomic E-state index is 0.0691. The molecule has 1 aromatic carbocycles. The molecule has 0 bridgehead atoms. The number of benzene rings is 1. The Hall–Kier alpha value is -3.42. The van der Waals surface area contributed by atoms with Crippen molar-refractivity contribution in [1.82, 2.24) is 14.9 Å². The summed E-state index contributed by atoms with van der Waals surface area (Å²) in [7, 11) is 1.70. The van der Waals surface area contributed by atoms with E-state index in [2.05, 4.69) is 15.6 Å². The molecular formula is C21H24N4O4. The first-order chi connectivity index (χ1) is 13.9. The average molecular weight is 396 g/mol. The summed E-state index contributed by atoms with van der Waals surface area (Å²) in [6.45, 7) is 3.65. The summed E-state index contributed by atoms with van der Waals surface area (Å²) >= 11 is 0. The summed E-state index contributed by atoms with van der Waals surface area (Å²) in [5.41, 5.74) is 1.43. The number of carbonyl (C=O) groups excluding carboxylic acids is 3. The fourth-order valence-electron chi connectivity index (χ4n) is 2.67. The minimum atomic E-state index is -0.587. The topological polar surface area (TPSA) is 102 Å². The molecule has 3 rings (SSSR count). The minimum Gasteiger partial charge on any atom is -0.461 e. The number of nitrogens with zero attached hydrogens (tertiary/aromatic N) is 2. The molecule has 1 aliphatic rings. The van der Waals surface area contributed by atoms with E-state index < -0.39 is 11.9 Å². The highest BCUT2D eigenvalue weighted by Gasteiger charge is 2.23. The van der Waals surface area contributed by atoms with Gasteiger partial charge in [0.25, 0.3) is 5.91 Å². The molecule has 0 saturated heterocycles. The second-order valence-corrected chi connectivity index (χ2v) is 6.83. The van der Waals surface area contributed by atoms with Gasteiger partial charge in [0.15, 0.2) is 5.69 Å². The maximum Gasteiger partial charge on any atom is 0.360 e. The molecule has 1 fully saturated rings. The van der Waals surface area contributed by atoms with Gasteiger partial charge >= 0.3 is 5.97 Å². The number of nitrogens with one attached hydrogen (secondary N) is 2. The number of anilines is 1. The van der Waals surface area contributed by atoms with Crippen molar-refractivity contribution >= 4 is 29.7 Å². The lowest BCUT2D eigenvalue weighted by Gasteiger charge is -2.07. The van der Waals surface area contributed by atoms with Gasteiger partial charge in [-0.3, -0.25) is 9.59 Å². The lowest BCUT2D eigenvalue weighted by Crippen LogP contribution is -2.25. The summed E-state index contributed by atoms with van der Waals surface area (Å²) in [5, 5.41) is 5.61. The molecule has 0 spiro atoms. The molecular weight excluding hydrogens is 372 g/mol. The Morgan fingerprint density at radius 2 is 1.93 bits per heavy atom. The van der Waals surface area contributed by atoms with Gasteiger partial charge in [-0.2, -0.15) is 0 Å². The van der Waals surface area contributed by atoms with Crippen molar-refractivity contribution in [2.75, 3.05) is 11.9 Å². The lowest BCUT2D eigenvalue weighted by atomic mass is 10.1. The highest BCUT2D eigenvalue weighted by molar-refractivity contribution is 6.05. The van der Waals surface area contributed by atoms with Gasteiger partial charge in [0, 0.05) is 24.7 Å². The fraction of sp³-hybridized carbons (Fsp3) is 0.333. The number of esters is 1. The zero-order chi connectivity index (χ0) is 21.0. The van der Waals surface area contributed by atoms with E-state index in [0.717, 1.165) is 18.4 Å². The Bertz CT molecular complexity index is 956. The van der Waals surface area contributed by atoms with E-state index in [-0.39, 0.29) is 24.0 Å². The second kappa shape index (κ2) is 8.72. The number of aromatic nitrogens is 2. The highest BCUT2D eigenvalue weighted by atomic mass is 16.5. The van der Waals surface area contributed by atoms with Crippen LogP contribution in [0, 0.1) is 6.92 Å². The maximum atomic E-state index is 12.3. The van der Waals surface area contributed by atoms with Crippen molar-refractivity contribution in [3.8, 4) is 0 Å². The summed E-state index contributed by atoms with van der Waals surface area (Å²) in [4.78, 5) is 40.5. The first-order valence-electron chi connectivity index (χ1n) is 9.49. The molecule has 1 aliphatic carbocycles. The summed E-state index contributed by atoms with van der Waals surface area (Å²) < 4.78 is 6.61. The number of imidazole rings is 1. The van der Waals surface area contributed by atoms with E-state index in [9.17, 15) is 14.4 Å². The van der Waals surface area contributed by atoms with Gasteiger partial charge in [-0.15, -0.1) is 0 Å². The van der Waals surface area contributed by atoms with Gasteiger partial charge < -0.3 is 19.9 Å². The van der Waals surface area contributed by atoms with Crippen molar-refractivity contribution < 1.29 is 19.1 Å². The van der Waals surface area contributed by atoms with Crippen LogP contribution >= 0.6 is 0 Å². The van der Waals surface area contributed by atoms with Crippen LogP contribution in [0.2, 0.25) is 0 Å². The van der Waals surface area contributed by atoms with Crippen LogP contribution in [0.1, 0.15) is 52.0 Å². The number of ether oxygens (including phenoxy) is 1. The Morgan fingerprint density at radius 1 is 1.24 bits per heavy atom. The molecule has 2 amide bonds. The zero-order valence-electron chi connectivity index (χ0n) is 16.7. The van der Waals surface area contributed by atoms with Gasteiger partial charge in [-0.05, 0) is 50.5 Å². The van der Waals surface area contributed by atoms with E-state index >= 15 is 0 Å². The predicted octanol–water partition coefficient (Wildman–Crippen LogP) is 2.45. The molecule has 1 aromatic heterocycles. The van der Waals surface area contributed by atoms with Crippen LogP contribution in [0.15, 0.2) is 30.3 Å². The van der Waals surface area contributed by atoms with E-state index in [1.54, 1.807) is 55.8 Å². The SMILES string of the molecule is CCOC(=O)c1nc(C)n(C)c1NC(=O)C=Cc1ccc(C(=O)NC2CC2)cc1. The fourth-order valence-corrected chi connectivity index (χ4v) is 2.67. The predicted molar refractivity (Wildman–Crippen MR) is 108 cm³/mol. The number of amides is 2. The third kappa shape index (κ3) is 5.10. The van der Waals surface area contributed by atoms with Gasteiger partial charge in [0.2, 0.25) is 5.91 Å². The maximum absolute atomic E-state index is 12.3. The van der Waals surface area contributed by atoms with Crippen LogP contribution in [0.5, 0.6) is 0 Å². The van der Waals surface area contributed by atoms with E-state index in [4.69, 9.17) is 4.74 Å². The first kappa shape index (κ1) is 20.3. The van der Waals surface area contributed by atoms with Crippen LogP contribution in [0.25, 0.3) is 6.08 Å². The number of carbonyl (C=O) groups is 3. The van der Waals surface area contributed by atoms with Crippen LogP contribution in [0.3, 0.4) is 0 Å². The van der Waals surface area contributed by atoms with Crippen LogP contribution in [-0.4, -0.2) is 40.0 Å². The molecule has 2 aromatic rings. The third-order valence-electron chi connectivity index (χ3n) is 4.54. The summed E-state index contributed by atoms with van der Waals surface area (Å²) in [6, 6.07) is 7.28. The van der Waals surface area contributed by atoms with Gasteiger partial charge in [-0.25, -0.2) is 9.78 Å². The smallest absolute Gasteiger partial charge is 0.360 e.